The first-order valence-electron chi connectivity index (χ1n) is 7.60. The van der Waals surface area contributed by atoms with Gasteiger partial charge in [-0.15, -0.1) is 5.10 Å². The summed E-state index contributed by atoms with van der Waals surface area (Å²) in [5.74, 6) is -3.53. The second-order valence-corrected chi connectivity index (χ2v) is 5.86. The largest absolute Gasteiger partial charge is 0.497 e. The summed E-state index contributed by atoms with van der Waals surface area (Å²) in [6, 6.07) is 3.06. The molecule has 27 heavy (non-hydrogen) atoms. The van der Waals surface area contributed by atoms with Gasteiger partial charge in [0.1, 0.15) is 12.1 Å². The molecule has 0 radical (unpaired) electrons. The van der Waals surface area contributed by atoms with Crippen molar-refractivity contribution in [2.24, 2.45) is 0 Å². The van der Waals surface area contributed by atoms with Gasteiger partial charge in [0.2, 0.25) is 5.91 Å². The van der Waals surface area contributed by atoms with E-state index in [4.69, 9.17) is 4.74 Å². The van der Waals surface area contributed by atoms with E-state index in [-0.39, 0.29) is 17.1 Å². The zero-order valence-electron chi connectivity index (χ0n) is 13.9. The molecule has 1 aromatic heterocycles. The van der Waals surface area contributed by atoms with Gasteiger partial charge in [-0.25, -0.2) is 18.4 Å². The summed E-state index contributed by atoms with van der Waals surface area (Å²) in [6.07, 6.45) is -1.19. The van der Waals surface area contributed by atoms with E-state index in [9.17, 15) is 26.7 Å². The molecular weight excluding hydrogens is 375 g/mol. The highest BCUT2D eigenvalue weighted by Crippen LogP contribution is 2.34. The summed E-state index contributed by atoms with van der Waals surface area (Å²) in [5, 5.41) is 3.96. The smallest absolute Gasteiger partial charge is 0.416 e. The highest BCUT2D eigenvalue weighted by molar-refractivity contribution is 5.90. The van der Waals surface area contributed by atoms with Crippen molar-refractivity contribution < 1.29 is 31.5 Å². The molecule has 1 fully saturated rings. The van der Waals surface area contributed by atoms with Crippen LogP contribution < -0.4 is 4.74 Å². The Morgan fingerprint density at radius 1 is 1.26 bits per heavy atom. The van der Waals surface area contributed by atoms with E-state index < -0.39 is 36.7 Å². The van der Waals surface area contributed by atoms with Gasteiger partial charge in [0.05, 0.1) is 25.8 Å². The van der Waals surface area contributed by atoms with Gasteiger partial charge in [-0.1, -0.05) is 0 Å². The lowest BCUT2D eigenvalue weighted by molar-refractivity contribution is -0.160. The Hall–Kier alpha value is -2.98. The van der Waals surface area contributed by atoms with Crippen molar-refractivity contribution in [2.75, 3.05) is 20.2 Å². The predicted molar refractivity (Wildman–Crippen MR) is 83.9 cm³/mol. The third kappa shape index (κ3) is 4.23. The lowest BCUT2D eigenvalue weighted by Crippen LogP contribution is -2.58. The number of ether oxygens (including phenoxy) is 1. The number of hydrogen-bond acceptors (Lipinski definition) is 4. The van der Waals surface area contributed by atoms with Gasteiger partial charge in [0.15, 0.2) is 5.82 Å². The summed E-state index contributed by atoms with van der Waals surface area (Å²) in [4.78, 5) is 16.6. The Morgan fingerprint density at radius 2 is 1.96 bits per heavy atom. The monoisotopic (exact) mass is 388 g/mol. The topological polar surface area (TPSA) is 60.3 Å². The van der Waals surface area contributed by atoms with E-state index in [1.807, 2.05) is 0 Å². The normalized spacial score (nSPS) is 16.4. The number of hydrogen-bond donors (Lipinski definition) is 0. The number of methoxy groups -OCH3 is 1. The molecule has 11 heteroatoms. The maximum Gasteiger partial charge on any atom is 0.416 e. The number of alkyl halides is 5. The molecule has 1 saturated heterocycles. The Balaban J connectivity index is 1.78. The van der Waals surface area contributed by atoms with Crippen LogP contribution in [0.4, 0.5) is 22.0 Å². The highest BCUT2D eigenvalue weighted by atomic mass is 19.4. The molecule has 1 aliphatic heterocycles. The molecule has 0 spiro atoms. The quantitative estimate of drug-likeness (QED) is 0.597. The number of halogens is 5. The molecule has 6 nitrogen and oxygen atoms in total. The number of aromatic nitrogens is 3. The standard InChI is InChI=1S/C16H13F5N4O2/c1-27-12-5-10(4-11(6-12)16(19,20)21)14-22-9-25(23-14)3-2-13(26)24-7-15(17,18)8-24/h2-6,9H,7-8H2,1H3/b3-2-. The molecule has 0 N–H and O–H groups in total. The first-order valence-corrected chi connectivity index (χ1v) is 7.60. The summed E-state index contributed by atoms with van der Waals surface area (Å²) in [7, 11) is 1.24. The van der Waals surface area contributed by atoms with Gasteiger partial charge >= 0.3 is 6.18 Å². The zero-order valence-corrected chi connectivity index (χ0v) is 13.9. The van der Waals surface area contributed by atoms with Crippen LogP contribution in [0.15, 0.2) is 30.6 Å². The number of rotatable bonds is 4. The van der Waals surface area contributed by atoms with Gasteiger partial charge in [-0.3, -0.25) is 4.79 Å². The van der Waals surface area contributed by atoms with Crippen LogP contribution in [0.25, 0.3) is 17.6 Å². The van der Waals surface area contributed by atoms with Crippen LogP contribution in [0.5, 0.6) is 5.75 Å². The third-order valence-electron chi connectivity index (χ3n) is 3.76. The molecular formula is C16H13F5N4O2. The maximum absolute atomic E-state index is 13.0. The number of carbonyl (C=O) groups excluding carboxylic acids is 1. The zero-order chi connectivity index (χ0) is 19.8. The molecule has 1 aromatic carbocycles. The molecule has 0 saturated carbocycles. The molecule has 3 rings (SSSR count). The molecule has 0 bridgehead atoms. The van der Waals surface area contributed by atoms with E-state index in [0.29, 0.717) is 0 Å². The summed E-state index contributed by atoms with van der Waals surface area (Å²) >= 11 is 0. The fraction of sp³-hybridized carbons (Fsp3) is 0.312. The van der Waals surface area contributed by atoms with Gasteiger partial charge in [0.25, 0.3) is 5.92 Å². The molecule has 144 valence electrons. The number of nitrogens with zero attached hydrogens (tertiary/aromatic N) is 4. The average Bonchev–Trinajstić information content (AvgIpc) is 3.05. The predicted octanol–water partition coefficient (Wildman–Crippen LogP) is 2.92. The first kappa shape index (κ1) is 18.8. The maximum atomic E-state index is 13.0. The minimum atomic E-state index is -4.57. The summed E-state index contributed by atoms with van der Waals surface area (Å²) in [5.41, 5.74) is -0.847. The average molecular weight is 388 g/mol. The van der Waals surface area contributed by atoms with Crippen molar-refractivity contribution >= 4 is 12.1 Å². The van der Waals surface area contributed by atoms with E-state index in [2.05, 4.69) is 10.1 Å². The Morgan fingerprint density at radius 3 is 2.56 bits per heavy atom. The van der Waals surface area contributed by atoms with Gasteiger partial charge in [0, 0.05) is 17.8 Å². The lowest BCUT2D eigenvalue weighted by atomic mass is 10.1. The minimum Gasteiger partial charge on any atom is -0.497 e. The van der Waals surface area contributed by atoms with Crippen LogP contribution in [0, 0.1) is 0 Å². The first-order chi connectivity index (χ1) is 12.6. The SMILES string of the molecule is COc1cc(-c2ncn(/C=C\C(=O)N3CC(F)(F)C3)n2)cc(C(F)(F)F)c1. The fourth-order valence-electron chi connectivity index (χ4n) is 2.40. The van der Waals surface area contributed by atoms with Crippen molar-refractivity contribution in [3.8, 4) is 17.1 Å². The van der Waals surface area contributed by atoms with E-state index in [0.717, 1.165) is 27.8 Å². The van der Waals surface area contributed by atoms with Gasteiger partial charge in [-0.2, -0.15) is 13.2 Å². The van der Waals surface area contributed by atoms with Crippen LogP contribution in [0.2, 0.25) is 0 Å². The molecule has 0 atom stereocenters. The Labute approximate surface area is 149 Å². The van der Waals surface area contributed by atoms with Gasteiger partial charge in [-0.05, 0) is 18.2 Å². The minimum absolute atomic E-state index is 0.0133. The number of carbonyl (C=O) groups is 1. The van der Waals surface area contributed by atoms with Crippen LogP contribution >= 0.6 is 0 Å². The lowest BCUT2D eigenvalue weighted by Gasteiger charge is -2.37. The van der Waals surface area contributed by atoms with Crippen molar-refractivity contribution in [3.05, 3.63) is 36.2 Å². The second kappa shape index (κ2) is 6.63. The van der Waals surface area contributed by atoms with E-state index >= 15 is 0 Å². The molecule has 0 unspecified atom stereocenters. The number of amides is 1. The summed E-state index contributed by atoms with van der Waals surface area (Å²) < 4.78 is 70.4. The van der Waals surface area contributed by atoms with E-state index in [1.54, 1.807) is 0 Å². The molecule has 0 aliphatic carbocycles. The third-order valence-corrected chi connectivity index (χ3v) is 3.76. The second-order valence-electron chi connectivity index (χ2n) is 5.86. The molecule has 1 aliphatic rings. The van der Waals surface area contributed by atoms with E-state index in [1.165, 1.54) is 25.7 Å². The molecule has 1 amide bonds. The van der Waals surface area contributed by atoms with Crippen LogP contribution in [-0.4, -0.2) is 51.7 Å². The molecule has 2 aromatic rings. The van der Waals surface area contributed by atoms with Crippen molar-refractivity contribution in [1.82, 2.24) is 19.7 Å². The van der Waals surface area contributed by atoms with Crippen LogP contribution in [0.3, 0.4) is 0 Å². The van der Waals surface area contributed by atoms with Crippen LogP contribution in [0.1, 0.15) is 5.56 Å². The number of likely N-dealkylation sites (tertiary alicyclic amines) is 1. The number of benzene rings is 1. The van der Waals surface area contributed by atoms with Gasteiger partial charge < -0.3 is 9.64 Å². The highest BCUT2D eigenvalue weighted by Gasteiger charge is 2.45. The fourth-order valence-corrected chi connectivity index (χ4v) is 2.40. The van der Waals surface area contributed by atoms with Crippen molar-refractivity contribution in [2.45, 2.75) is 12.1 Å². The Bertz CT molecular complexity index is 883. The van der Waals surface area contributed by atoms with Crippen LogP contribution in [-0.2, 0) is 11.0 Å². The summed E-state index contributed by atoms with van der Waals surface area (Å²) in [6.45, 7) is -1.30. The molecule has 2 heterocycles. The van der Waals surface area contributed by atoms with Crippen molar-refractivity contribution in [3.63, 3.8) is 0 Å². The Kier molecular flexibility index (Phi) is 4.62. The van der Waals surface area contributed by atoms with Crippen molar-refractivity contribution in [1.29, 1.82) is 0 Å².